The van der Waals surface area contributed by atoms with Crippen molar-refractivity contribution in [2.45, 2.75) is 12.6 Å². The van der Waals surface area contributed by atoms with E-state index in [1.165, 1.54) is 4.90 Å². The molecule has 94 valence electrons. The molecule has 1 saturated heterocycles. The van der Waals surface area contributed by atoms with E-state index in [1.807, 2.05) is 0 Å². The molecule has 3 N–H and O–H groups in total. The number of guanidine groups is 1. The summed E-state index contributed by atoms with van der Waals surface area (Å²) in [4.78, 5) is 5.14. The van der Waals surface area contributed by atoms with Gasteiger partial charge >= 0.3 is 6.18 Å². The number of hydrogen-bond acceptors (Lipinski definition) is 2. The van der Waals surface area contributed by atoms with Crippen LogP contribution in [-0.2, 0) is 0 Å². The minimum absolute atomic E-state index is 0.211. The van der Waals surface area contributed by atoms with Gasteiger partial charge < -0.3 is 11.1 Å². The van der Waals surface area contributed by atoms with Crippen molar-refractivity contribution in [3.8, 4) is 0 Å². The molecule has 7 heteroatoms. The monoisotopic (exact) mass is 238 g/mol. The third kappa shape index (κ3) is 4.69. The number of nitrogens with one attached hydrogen (secondary N) is 1. The maximum atomic E-state index is 12.1. The van der Waals surface area contributed by atoms with Crippen LogP contribution >= 0.6 is 0 Å². The first-order chi connectivity index (χ1) is 7.40. The second kappa shape index (κ2) is 5.38. The van der Waals surface area contributed by atoms with Crippen LogP contribution in [0.2, 0.25) is 0 Å². The zero-order chi connectivity index (χ0) is 12.2. The van der Waals surface area contributed by atoms with Crippen LogP contribution in [-0.4, -0.2) is 50.3 Å². The van der Waals surface area contributed by atoms with Crippen LogP contribution in [0.3, 0.4) is 0 Å². The molecule has 1 aliphatic rings. The highest BCUT2D eigenvalue weighted by atomic mass is 19.4. The molecule has 0 spiro atoms. The Bertz CT molecular complexity index is 252. The standard InChI is InChI=1S/C9H17F3N4/c1-14-8(13)15-4-7-2-3-16(5-7)6-9(10,11)12/h7H,2-6H2,1H3,(H3,13,14,15)/t7-/m0/s1. The highest BCUT2D eigenvalue weighted by Gasteiger charge is 2.34. The van der Waals surface area contributed by atoms with E-state index in [0.717, 1.165) is 6.42 Å². The largest absolute Gasteiger partial charge is 0.401 e. The van der Waals surface area contributed by atoms with E-state index in [-0.39, 0.29) is 5.92 Å². The first-order valence-electron chi connectivity index (χ1n) is 5.16. The fourth-order valence-corrected chi connectivity index (χ4v) is 1.80. The number of likely N-dealkylation sites (tertiary alicyclic amines) is 1. The van der Waals surface area contributed by atoms with Crippen LogP contribution in [0, 0.1) is 5.92 Å². The zero-order valence-electron chi connectivity index (χ0n) is 9.22. The summed E-state index contributed by atoms with van der Waals surface area (Å²) >= 11 is 0. The predicted molar refractivity (Wildman–Crippen MR) is 56.2 cm³/mol. The lowest BCUT2D eigenvalue weighted by molar-refractivity contribution is -0.143. The van der Waals surface area contributed by atoms with Crippen molar-refractivity contribution in [2.24, 2.45) is 16.6 Å². The molecule has 1 heterocycles. The summed E-state index contributed by atoms with van der Waals surface area (Å²) in [5, 5.41) is 2.88. The Balaban J connectivity index is 2.25. The predicted octanol–water partition coefficient (Wildman–Crippen LogP) is 0.405. The fourth-order valence-electron chi connectivity index (χ4n) is 1.80. The molecule has 0 radical (unpaired) electrons. The van der Waals surface area contributed by atoms with E-state index in [0.29, 0.717) is 25.6 Å². The Morgan fingerprint density at radius 1 is 1.56 bits per heavy atom. The van der Waals surface area contributed by atoms with Crippen molar-refractivity contribution < 1.29 is 13.2 Å². The molecule has 0 aliphatic carbocycles. The molecule has 1 atom stereocenters. The average molecular weight is 238 g/mol. The molecule has 1 rings (SSSR count). The first-order valence-corrected chi connectivity index (χ1v) is 5.16. The van der Waals surface area contributed by atoms with Crippen LogP contribution in [0.25, 0.3) is 0 Å². The molecule has 0 saturated carbocycles. The van der Waals surface area contributed by atoms with Gasteiger partial charge in [0.1, 0.15) is 0 Å². The molecule has 16 heavy (non-hydrogen) atoms. The number of aliphatic imine (C=N–C) groups is 1. The minimum atomic E-state index is -4.10. The molecule has 0 bridgehead atoms. The van der Waals surface area contributed by atoms with E-state index in [1.54, 1.807) is 7.05 Å². The molecule has 0 aromatic carbocycles. The second-order valence-electron chi connectivity index (χ2n) is 3.99. The average Bonchev–Trinajstić information content (AvgIpc) is 2.59. The summed E-state index contributed by atoms with van der Waals surface area (Å²) in [7, 11) is 1.56. The molecular weight excluding hydrogens is 221 g/mol. The Morgan fingerprint density at radius 3 is 2.81 bits per heavy atom. The third-order valence-corrected chi connectivity index (χ3v) is 2.59. The highest BCUT2D eigenvalue weighted by Crippen LogP contribution is 2.22. The molecule has 0 aromatic heterocycles. The van der Waals surface area contributed by atoms with E-state index in [2.05, 4.69) is 10.3 Å². The van der Waals surface area contributed by atoms with Crippen molar-refractivity contribution in [2.75, 3.05) is 33.2 Å². The number of nitrogens with zero attached hydrogens (tertiary/aromatic N) is 2. The minimum Gasteiger partial charge on any atom is -0.370 e. The van der Waals surface area contributed by atoms with Crippen LogP contribution in [0.1, 0.15) is 6.42 Å². The van der Waals surface area contributed by atoms with Gasteiger partial charge in [0.2, 0.25) is 0 Å². The van der Waals surface area contributed by atoms with Gasteiger partial charge in [-0.2, -0.15) is 13.2 Å². The van der Waals surface area contributed by atoms with Crippen molar-refractivity contribution >= 4 is 5.96 Å². The SMILES string of the molecule is CN=C(N)NC[C@@H]1CCN(CC(F)(F)F)C1. The van der Waals surface area contributed by atoms with Crippen LogP contribution in [0.15, 0.2) is 4.99 Å². The summed E-state index contributed by atoms with van der Waals surface area (Å²) in [6, 6.07) is 0. The van der Waals surface area contributed by atoms with Gasteiger partial charge in [-0.3, -0.25) is 9.89 Å². The number of nitrogens with two attached hydrogens (primary N) is 1. The number of hydrogen-bond donors (Lipinski definition) is 2. The zero-order valence-corrected chi connectivity index (χ0v) is 9.22. The van der Waals surface area contributed by atoms with Crippen molar-refractivity contribution in [1.29, 1.82) is 0 Å². The Hall–Kier alpha value is -0.980. The quantitative estimate of drug-likeness (QED) is 0.553. The molecule has 4 nitrogen and oxygen atoms in total. The topological polar surface area (TPSA) is 53.6 Å². The van der Waals surface area contributed by atoms with Gasteiger partial charge in [0.15, 0.2) is 5.96 Å². The summed E-state index contributed by atoms with van der Waals surface area (Å²) < 4.78 is 36.3. The van der Waals surface area contributed by atoms with E-state index in [4.69, 9.17) is 5.73 Å². The molecular formula is C9H17F3N4. The Kier molecular flexibility index (Phi) is 4.40. The van der Waals surface area contributed by atoms with Crippen molar-refractivity contribution in [1.82, 2.24) is 10.2 Å². The summed E-state index contributed by atoms with van der Waals surface area (Å²) in [6.45, 7) is 0.719. The number of halogens is 3. The number of alkyl halides is 3. The van der Waals surface area contributed by atoms with Crippen molar-refractivity contribution in [3.63, 3.8) is 0 Å². The van der Waals surface area contributed by atoms with Crippen LogP contribution in [0.5, 0.6) is 0 Å². The smallest absolute Gasteiger partial charge is 0.370 e. The van der Waals surface area contributed by atoms with Gasteiger partial charge in [-0.05, 0) is 18.9 Å². The second-order valence-corrected chi connectivity index (χ2v) is 3.99. The summed E-state index contributed by atoms with van der Waals surface area (Å²) in [5.41, 5.74) is 5.43. The van der Waals surface area contributed by atoms with Gasteiger partial charge in [0.25, 0.3) is 0 Å². The first kappa shape index (κ1) is 13.1. The Morgan fingerprint density at radius 2 is 2.25 bits per heavy atom. The van der Waals surface area contributed by atoms with Gasteiger partial charge in [-0.1, -0.05) is 0 Å². The molecule has 1 fully saturated rings. The lowest BCUT2D eigenvalue weighted by Gasteiger charge is -2.18. The highest BCUT2D eigenvalue weighted by molar-refractivity contribution is 5.77. The molecule has 0 aromatic rings. The lowest BCUT2D eigenvalue weighted by Crippen LogP contribution is -2.37. The summed E-state index contributed by atoms with van der Waals surface area (Å²) in [6.07, 6.45) is -3.34. The maximum absolute atomic E-state index is 12.1. The maximum Gasteiger partial charge on any atom is 0.401 e. The lowest BCUT2D eigenvalue weighted by atomic mass is 10.1. The third-order valence-electron chi connectivity index (χ3n) is 2.59. The normalized spacial score (nSPS) is 23.8. The van der Waals surface area contributed by atoms with Crippen molar-refractivity contribution in [3.05, 3.63) is 0 Å². The molecule has 0 amide bonds. The van der Waals surface area contributed by atoms with E-state index >= 15 is 0 Å². The van der Waals surface area contributed by atoms with Gasteiger partial charge in [-0.25, -0.2) is 0 Å². The van der Waals surface area contributed by atoms with Gasteiger partial charge in [0.05, 0.1) is 6.54 Å². The Labute approximate surface area is 92.7 Å². The fraction of sp³-hybridized carbons (Fsp3) is 0.889. The van der Waals surface area contributed by atoms with Crippen LogP contribution in [0.4, 0.5) is 13.2 Å². The van der Waals surface area contributed by atoms with E-state index < -0.39 is 12.7 Å². The molecule has 1 aliphatic heterocycles. The number of rotatable bonds is 3. The van der Waals surface area contributed by atoms with Crippen LogP contribution < -0.4 is 11.1 Å². The summed E-state index contributed by atoms with van der Waals surface area (Å²) in [5.74, 6) is 0.539. The van der Waals surface area contributed by atoms with Gasteiger partial charge in [-0.15, -0.1) is 0 Å². The van der Waals surface area contributed by atoms with Gasteiger partial charge in [0, 0.05) is 20.1 Å². The molecule has 0 unspecified atom stereocenters. The van der Waals surface area contributed by atoms with E-state index in [9.17, 15) is 13.2 Å².